The molecule has 0 unspecified atom stereocenters. The lowest BCUT2D eigenvalue weighted by molar-refractivity contribution is -0.137. The van der Waals surface area contributed by atoms with E-state index >= 15 is 0 Å². The minimum absolute atomic E-state index is 0.00848. The van der Waals surface area contributed by atoms with E-state index in [9.17, 15) is 18.3 Å². The van der Waals surface area contributed by atoms with Crippen LogP contribution < -0.4 is 0 Å². The SMILES string of the molecule is Oc1ccc(Cl)c(-c2nc3ccc(C(F)(F)F)cc3[nH]2)c1. The Morgan fingerprint density at radius 2 is 1.86 bits per heavy atom. The summed E-state index contributed by atoms with van der Waals surface area (Å²) in [5.41, 5.74) is 0.297. The maximum Gasteiger partial charge on any atom is 0.416 e. The highest BCUT2D eigenvalue weighted by Crippen LogP contribution is 2.33. The van der Waals surface area contributed by atoms with Gasteiger partial charge in [0.25, 0.3) is 0 Å². The summed E-state index contributed by atoms with van der Waals surface area (Å²) in [5, 5.41) is 9.81. The van der Waals surface area contributed by atoms with Crippen molar-refractivity contribution in [2.75, 3.05) is 0 Å². The molecule has 0 atom stereocenters. The number of benzene rings is 2. The average molecular weight is 313 g/mol. The third kappa shape index (κ3) is 2.54. The van der Waals surface area contributed by atoms with Crippen molar-refractivity contribution >= 4 is 22.6 Å². The normalized spacial score (nSPS) is 12.0. The zero-order valence-corrected chi connectivity index (χ0v) is 11.1. The summed E-state index contributed by atoms with van der Waals surface area (Å²) in [7, 11) is 0. The standard InChI is InChI=1S/C14H8ClF3N2O/c15-10-3-2-8(21)6-9(10)13-19-11-4-1-7(14(16,17)18)5-12(11)20-13/h1-6,21H,(H,19,20). The summed E-state index contributed by atoms with van der Waals surface area (Å²) < 4.78 is 38.0. The first-order valence-electron chi connectivity index (χ1n) is 5.90. The van der Waals surface area contributed by atoms with Gasteiger partial charge < -0.3 is 10.1 Å². The molecule has 2 aromatic carbocycles. The van der Waals surface area contributed by atoms with Crippen LogP contribution in [0.1, 0.15) is 5.56 Å². The van der Waals surface area contributed by atoms with Crippen molar-refractivity contribution in [3.05, 3.63) is 47.0 Å². The van der Waals surface area contributed by atoms with Gasteiger partial charge in [0, 0.05) is 5.56 Å². The molecule has 21 heavy (non-hydrogen) atoms. The molecular formula is C14H8ClF3N2O. The molecule has 3 nitrogen and oxygen atoms in total. The zero-order valence-electron chi connectivity index (χ0n) is 10.4. The van der Waals surface area contributed by atoms with Crippen molar-refractivity contribution in [2.24, 2.45) is 0 Å². The van der Waals surface area contributed by atoms with Gasteiger partial charge in [0.15, 0.2) is 0 Å². The van der Waals surface area contributed by atoms with Crippen molar-refractivity contribution in [1.82, 2.24) is 9.97 Å². The fourth-order valence-electron chi connectivity index (χ4n) is 2.01. The molecule has 0 aliphatic rings. The zero-order chi connectivity index (χ0) is 15.2. The number of halogens is 4. The second kappa shape index (κ2) is 4.66. The number of aromatic nitrogens is 2. The molecule has 0 amide bonds. The van der Waals surface area contributed by atoms with Crippen molar-refractivity contribution in [2.45, 2.75) is 6.18 Å². The fraction of sp³-hybridized carbons (Fsp3) is 0.0714. The fourth-order valence-corrected chi connectivity index (χ4v) is 2.22. The van der Waals surface area contributed by atoms with Gasteiger partial charge >= 0.3 is 6.18 Å². The summed E-state index contributed by atoms with van der Waals surface area (Å²) in [6, 6.07) is 7.54. The average Bonchev–Trinajstić information content (AvgIpc) is 2.83. The third-order valence-corrected chi connectivity index (χ3v) is 3.34. The monoisotopic (exact) mass is 312 g/mol. The molecule has 3 aromatic rings. The van der Waals surface area contributed by atoms with E-state index in [2.05, 4.69) is 9.97 Å². The number of imidazole rings is 1. The number of phenols is 1. The maximum absolute atomic E-state index is 12.7. The van der Waals surface area contributed by atoms with Gasteiger partial charge in [-0.15, -0.1) is 0 Å². The second-order valence-electron chi connectivity index (χ2n) is 4.48. The summed E-state index contributed by atoms with van der Waals surface area (Å²) >= 11 is 6.01. The largest absolute Gasteiger partial charge is 0.508 e. The van der Waals surface area contributed by atoms with E-state index in [0.717, 1.165) is 12.1 Å². The molecular weight excluding hydrogens is 305 g/mol. The Morgan fingerprint density at radius 3 is 2.57 bits per heavy atom. The molecule has 0 fully saturated rings. The van der Waals surface area contributed by atoms with Crippen LogP contribution >= 0.6 is 11.6 Å². The van der Waals surface area contributed by atoms with Crippen LogP contribution in [0.3, 0.4) is 0 Å². The first-order valence-corrected chi connectivity index (χ1v) is 6.28. The van der Waals surface area contributed by atoms with Crippen LogP contribution in [0.2, 0.25) is 5.02 Å². The Balaban J connectivity index is 2.15. The number of nitrogens with one attached hydrogen (secondary N) is 1. The highest BCUT2D eigenvalue weighted by molar-refractivity contribution is 6.33. The Morgan fingerprint density at radius 1 is 1.10 bits per heavy atom. The molecule has 2 N–H and O–H groups in total. The predicted molar refractivity (Wildman–Crippen MR) is 73.2 cm³/mol. The summed E-state index contributed by atoms with van der Waals surface area (Å²) in [4.78, 5) is 6.98. The van der Waals surface area contributed by atoms with Gasteiger partial charge in [-0.25, -0.2) is 4.98 Å². The number of phenolic OH excluding ortho intramolecular Hbond substituents is 1. The van der Waals surface area contributed by atoms with Crippen LogP contribution in [0.5, 0.6) is 5.75 Å². The molecule has 0 spiro atoms. The van der Waals surface area contributed by atoms with Crippen LogP contribution in [0.4, 0.5) is 13.2 Å². The van der Waals surface area contributed by atoms with Gasteiger partial charge in [0.1, 0.15) is 11.6 Å². The topological polar surface area (TPSA) is 48.9 Å². The van der Waals surface area contributed by atoms with E-state index in [1.807, 2.05) is 0 Å². The lowest BCUT2D eigenvalue weighted by atomic mass is 10.2. The maximum atomic E-state index is 12.7. The molecule has 0 saturated heterocycles. The smallest absolute Gasteiger partial charge is 0.416 e. The van der Waals surface area contributed by atoms with E-state index in [4.69, 9.17) is 11.6 Å². The molecule has 108 valence electrons. The Hall–Kier alpha value is -2.21. The van der Waals surface area contributed by atoms with Crippen molar-refractivity contribution < 1.29 is 18.3 Å². The van der Waals surface area contributed by atoms with Crippen molar-refractivity contribution in [1.29, 1.82) is 0 Å². The van der Waals surface area contributed by atoms with Gasteiger partial charge in [0.05, 0.1) is 21.6 Å². The van der Waals surface area contributed by atoms with Crippen LogP contribution in [0, 0.1) is 0 Å². The lowest BCUT2D eigenvalue weighted by Gasteiger charge is -2.05. The van der Waals surface area contributed by atoms with Gasteiger partial charge in [0.2, 0.25) is 0 Å². The minimum atomic E-state index is -4.41. The highest BCUT2D eigenvalue weighted by atomic mass is 35.5. The van der Waals surface area contributed by atoms with E-state index < -0.39 is 11.7 Å². The van der Waals surface area contributed by atoms with Gasteiger partial charge in [-0.2, -0.15) is 13.2 Å². The number of H-pyrrole nitrogens is 1. The van der Waals surface area contributed by atoms with Crippen LogP contribution in [-0.4, -0.2) is 15.1 Å². The van der Waals surface area contributed by atoms with Crippen molar-refractivity contribution in [3.63, 3.8) is 0 Å². The minimum Gasteiger partial charge on any atom is -0.508 e. The molecule has 3 rings (SSSR count). The molecule has 0 aliphatic carbocycles. The van der Waals surface area contributed by atoms with E-state index in [1.165, 1.54) is 24.3 Å². The molecule has 7 heteroatoms. The number of nitrogens with zero attached hydrogens (tertiary/aromatic N) is 1. The van der Waals surface area contributed by atoms with E-state index in [-0.39, 0.29) is 11.3 Å². The number of alkyl halides is 3. The molecule has 0 radical (unpaired) electrons. The number of hydrogen-bond donors (Lipinski definition) is 2. The van der Waals surface area contributed by atoms with E-state index in [0.29, 0.717) is 21.9 Å². The Labute approximate surface area is 122 Å². The quantitative estimate of drug-likeness (QED) is 0.689. The lowest BCUT2D eigenvalue weighted by Crippen LogP contribution is -2.04. The number of rotatable bonds is 1. The van der Waals surface area contributed by atoms with Gasteiger partial charge in [-0.1, -0.05) is 11.6 Å². The number of fused-ring (bicyclic) bond motifs is 1. The van der Waals surface area contributed by atoms with E-state index in [1.54, 1.807) is 0 Å². The molecule has 1 heterocycles. The number of aromatic hydroxyl groups is 1. The Kier molecular flexibility index (Phi) is 3.06. The van der Waals surface area contributed by atoms with Crippen molar-refractivity contribution in [3.8, 4) is 17.1 Å². The van der Waals surface area contributed by atoms with Crippen LogP contribution in [0.25, 0.3) is 22.4 Å². The highest BCUT2D eigenvalue weighted by Gasteiger charge is 2.30. The van der Waals surface area contributed by atoms with Crippen LogP contribution in [0.15, 0.2) is 36.4 Å². The number of aromatic amines is 1. The van der Waals surface area contributed by atoms with Crippen LogP contribution in [-0.2, 0) is 6.18 Å². The molecule has 0 bridgehead atoms. The summed E-state index contributed by atoms with van der Waals surface area (Å²) in [5.74, 6) is 0.288. The molecule has 0 saturated carbocycles. The Bertz CT molecular complexity index is 827. The molecule has 0 aliphatic heterocycles. The first kappa shape index (κ1) is 13.8. The summed E-state index contributed by atoms with van der Waals surface area (Å²) in [6.07, 6.45) is -4.41. The summed E-state index contributed by atoms with van der Waals surface area (Å²) in [6.45, 7) is 0. The third-order valence-electron chi connectivity index (χ3n) is 3.01. The second-order valence-corrected chi connectivity index (χ2v) is 4.89. The predicted octanol–water partition coefficient (Wildman–Crippen LogP) is 4.61. The molecule has 1 aromatic heterocycles. The first-order chi connectivity index (χ1) is 9.84. The van der Waals surface area contributed by atoms with Gasteiger partial charge in [-0.3, -0.25) is 0 Å². The van der Waals surface area contributed by atoms with Gasteiger partial charge in [-0.05, 0) is 36.4 Å². The number of hydrogen-bond acceptors (Lipinski definition) is 2.